The fraction of sp³-hybridized carbons (Fsp3) is 0.222. The topological polar surface area (TPSA) is 38.4 Å². The van der Waals surface area contributed by atoms with E-state index in [9.17, 15) is 4.39 Å². The molecule has 0 saturated heterocycles. The molecule has 0 fully saturated rings. The van der Waals surface area contributed by atoms with Crippen molar-refractivity contribution >= 4 is 5.84 Å². The lowest BCUT2D eigenvalue weighted by Crippen LogP contribution is -2.16. The zero-order valence-electron chi connectivity index (χ0n) is 7.13. The van der Waals surface area contributed by atoms with Crippen molar-refractivity contribution in [1.82, 2.24) is 0 Å². The van der Waals surface area contributed by atoms with E-state index in [1.54, 1.807) is 26.1 Å². The summed E-state index contributed by atoms with van der Waals surface area (Å²) in [5.41, 5.74) is 6.71. The summed E-state index contributed by atoms with van der Waals surface area (Å²) in [5, 5.41) is 0. The van der Waals surface area contributed by atoms with Crippen molar-refractivity contribution in [2.24, 2.45) is 10.7 Å². The van der Waals surface area contributed by atoms with E-state index in [1.807, 2.05) is 0 Å². The number of halogens is 1. The standard InChI is InChI=1S/C9H11FN2/c1-6-4-3-5-7(10)8(6)9(11)12-2/h3-5H,1-2H3,(H2,11,12). The van der Waals surface area contributed by atoms with Gasteiger partial charge in [0.15, 0.2) is 0 Å². The van der Waals surface area contributed by atoms with Gasteiger partial charge in [0.05, 0.1) is 5.56 Å². The largest absolute Gasteiger partial charge is 0.383 e. The Kier molecular flexibility index (Phi) is 2.43. The van der Waals surface area contributed by atoms with E-state index in [4.69, 9.17) is 5.73 Å². The first kappa shape index (κ1) is 8.71. The molecule has 1 aromatic carbocycles. The molecule has 0 saturated carbocycles. The fourth-order valence-corrected chi connectivity index (χ4v) is 1.07. The van der Waals surface area contributed by atoms with Crippen molar-refractivity contribution in [3.05, 3.63) is 35.1 Å². The van der Waals surface area contributed by atoms with Gasteiger partial charge in [-0.25, -0.2) is 4.39 Å². The molecule has 0 heterocycles. The molecular formula is C9H11FN2. The number of aliphatic imine (C=N–C) groups is 1. The Labute approximate surface area is 70.9 Å². The van der Waals surface area contributed by atoms with E-state index in [-0.39, 0.29) is 11.7 Å². The molecule has 64 valence electrons. The summed E-state index contributed by atoms with van der Waals surface area (Å²) in [4.78, 5) is 3.73. The quantitative estimate of drug-likeness (QED) is 0.498. The maximum absolute atomic E-state index is 13.1. The van der Waals surface area contributed by atoms with Crippen LogP contribution >= 0.6 is 0 Å². The minimum absolute atomic E-state index is 0.241. The minimum atomic E-state index is -0.321. The van der Waals surface area contributed by atoms with Crippen LogP contribution in [0.15, 0.2) is 23.2 Å². The van der Waals surface area contributed by atoms with Crippen LogP contribution in [0.4, 0.5) is 4.39 Å². The Morgan fingerprint density at radius 2 is 2.17 bits per heavy atom. The lowest BCUT2D eigenvalue weighted by molar-refractivity contribution is 0.623. The molecule has 0 atom stereocenters. The molecule has 0 amide bonds. The monoisotopic (exact) mass is 166 g/mol. The molecular weight excluding hydrogens is 155 g/mol. The number of nitrogens with zero attached hydrogens (tertiary/aromatic N) is 1. The van der Waals surface area contributed by atoms with Crippen molar-refractivity contribution in [3.63, 3.8) is 0 Å². The molecule has 0 bridgehead atoms. The Balaban J connectivity index is 3.31. The van der Waals surface area contributed by atoms with Crippen molar-refractivity contribution in [3.8, 4) is 0 Å². The molecule has 1 aromatic rings. The minimum Gasteiger partial charge on any atom is -0.383 e. The number of benzene rings is 1. The van der Waals surface area contributed by atoms with Crippen LogP contribution in [0.2, 0.25) is 0 Å². The molecule has 1 rings (SSSR count). The highest BCUT2D eigenvalue weighted by atomic mass is 19.1. The molecule has 3 heteroatoms. The summed E-state index contributed by atoms with van der Waals surface area (Å²) in [7, 11) is 1.54. The number of amidine groups is 1. The third-order valence-electron chi connectivity index (χ3n) is 1.72. The highest BCUT2D eigenvalue weighted by Gasteiger charge is 2.07. The van der Waals surface area contributed by atoms with Gasteiger partial charge >= 0.3 is 0 Å². The average Bonchev–Trinajstić information content (AvgIpc) is 2.03. The first-order valence-electron chi connectivity index (χ1n) is 3.64. The van der Waals surface area contributed by atoms with Gasteiger partial charge in [-0.1, -0.05) is 12.1 Å². The van der Waals surface area contributed by atoms with Gasteiger partial charge in [-0.05, 0) is 18.6 Å². The van der Waals surface area contributed by atoms with E-state index in [1.165, 1.54) is 6.07 Å². The van der Waals surface area contributed by atoms with Crippen LogP contribution in [0.25, 0.3) is 0 Å². The number of rotatable bonds is 1. The Morgan fingerprint density at radius 1 is 1.50 bits per heavy atom. The number of aryl methyl sites for hydroxylation is 1. The Bertz CT molecular complexity index is 298. The highest BCUT2D eigenvalue weighted by molar-refractivity contribution is 5.98. The second-order valence-electron chi connectivity index (χ2n) is 2.54. The first-order chi connectivity index (χ1) is 5.66. The predicted octanol–water partition coefficient (Wildman–Crippen LogP) is 1.47. The van der Waals surface area contributed by atoms with Crippen molar-refractivity contribution < 1.29 is 4.39 Å². The number of hydrogen-bond acceptors (Lipinski definition) is 1. The predicted molar refractivity (Wildman–Crippen MR) is 47.8 cm³/mol. The van der Waals surface area contributed by atoms with Crippen molar-refractivity contribution in [2.75, 3.05) is 7.05 Å². The van der Waals surface area contributed by atoms with Gasteiger partial charge in [0, 0.05) is 7.05 Å². The van der Waals surface area contributed by atoms with Gasteiger partial charge < -0.3 is 5.73 Å². The van der Waals surface area contributed by atoms with E-state index < -0.39 is 0 Å². The molecule has 0 unspecified atom stereocenters. The molecule has 0 aliphatic rings. The smallest absolute Gasteiger partial charge is 0.134 e. The van der Waals surface area contributed by atoms with Gasteiger partial charge in [0.1, 0.15) is 11.7 Å². The summed E-state index contributed by atoms with van der Waals surface area (Å²) in [6.45, 7) is 1.80. The number of hydrogen-bond donors (Lipinski definition) is 1. The highest BCUT2D eigenvalue weighted by Crippen LogP contribution is 2.11. The van der Waals surface area contributed by atoms with Gasteiger partial charge in [0.25, 0.3) is 0 Å². The normalized spacial score (nSPS) is 11.8. The molecule has 0 aliphatic carbocycles. The molecule has 12 heavy (non-hydrogen) atoms. The molecule has 0 aliphatic heterocycles. The second kappa shape index (κ2) is 3.34. The lowest BCUT2D eigenvalue weighted by atomic mass is 10.1. The van der Waals surface area contributed by atoms with Gasteiger partial charge in [-0.15, -0.1) is 0 Å². The van der Waals surface area contributed by atoms with E-state index in [2.05, 4.69) is 4.99 Å². The van der Waals surface area contributed by atoms with Crippen LogP contribution in [-0.4, -0.2) is 12.9 Å². The van der Waals surface area contributed by atoms with E-state index >= 15 is 0 Å². The summed E-state index contributed by atoms with van der Waals surface area (Å²) in [6, 6.07) is 4.83. The van der Waals surface area contributed by atoms with Gasteiger partial charge in [0.2, 0.25) is 0 Å². The summed E-state index contributed by atoms with van der Waals surface area (Å²) < 4.78 is 13.1. The summed E-state index contributed by atoms with van der Waals surface area (Å²) in [5.74, 6) is -0.0799. The molecule has 2 N–H and O–H groups in total. The van der Waals surface area contributed by atoms with Crippen LogP contribution < -0.4 is 5.73 Å². The van der Waals surface area contributed by atoms with Gasteiger partial charge in [-0.2, -0.15) is 0 Å². The summed E-state index contributed by atoms with van der Waals surface area (Å²) >= 11 is 0. The fourth-order valence-electron chi connectivity index (χ4n) is 1.07. The maximum atomic E-state index is 13.1. The maximum Gasteiger partial charge on any atom is 0.134 e. The summed E-state index contributed by atoms with van der Waals surface area (Å²) in [6.07, 6.45) is 0. The van der Waals surface area contributed by atoms with Crippen molar-refractivity contribution in [1.29, 1.82) is 0 Å². The van der Waals surface area contributed by atoms with Crippen LogP contribution in [0.3, 0.4) is 0 Å². The Hall–Kier alpha value is -1.38. The van der Waals surface area contributed by atoms with E-state index in [0.717, 1.165) is 5.56 Å². The van der Waals surface area contributed by atoms with Crippen LogP contribution in [-0.2, 0) is 0 Å². The lowest BCUT2D eigenvalue weighted by Gasteiger charge is -2.04. The van der Waals surface area contributed by atoms with Gasteiger partial charge in [-0.3, -0.25) is 4.99 Å². The SMILES string of the molecule is CN=C(N)c1c(C)cccc1F. The first-order valence-corrected chi connectivity index (χ1v) is 3.64. The third kappa shape index (κ3) is 1.44. The zero-order chi connectivity index (χ0) is 9.14. The Morgan fingerprint density at radius 3 is 2.67 bits per heavy atom. The van der Waals surface area contributed by atoms with Crippen LogP contribution in [0.5, 0.6) is 0 Å². The van der Waals surface area contributed by atoms with Crippen LogP contribution in [0, 0.1) is 12.7 Å². The molecule has 0 aromatic heterocycles. The molecule has 0 radical (unpaired) electrons. The average molecular weight is 166 g/mol. The second-order valence-corrected chi connectivity index (χ2v) is 2.54. The molecule has 2 nitrogen and oxygen atoms in total. The number of nitrogens with two attached hydrogens (primary N) is 1. The third-order valence-corrected chi connectivity index (χ3v) is 1.72. The van der Waals surface area contributed by atoms with E-state index in [0.29, 0.717) is 5.56 Å². The zero-order valence-corrected chi connectivity index (χ0v) is 7.13. The van der Waals surface area contributed by atoms with Crippen molar-refractivity contribution in [2.45, 2.75) is 6.92 Å². The molecule has 0 spiro atoms. The van der Waals surface area contributed by atoms with Crippen LogP contribution in [0.1, 0.15) is 11.1 Å².